The van der Waals surface area contributed by atoms with Crippen LogP contribution in [0.2, 0.25) is 0 Å². The third kappa shape index (κ3) is 5.71. The molecule has 2 rings (SSSR count). The molecule has 1 aromatic carbocycles. The molecule has 0 aliphatic rings. The highest BCUT2D eigenvalue weighted by Gasteiger charge is 2.10. The average Bonchev–Trinajstić information content (AvgIpc) is 2.58. The number of carbonyl (C=O) groups is 1. The lowest BCUT2D eigenvalue weighted by atomic mass is 10.2. The second-order valence-electron chi connectivity index (χ2n) is 5.10. The van der Waals surface area contributed by atoms with Crippen LogP contribution in [-0.4, -0.2) is 27.7 Å². The van der Waals surface area contributed by atoms with E-state index in [1.54, 1.807) is 18.2 Å². The molecule has 1 heterocycles. The van der Waals surface area contributed by atoms with E-state index in [0.29, 0.717) is 23.6 Å². The third-order valence-electron chi connectivity index (χ3n) is 3.28. The first kappa shape index (κ1) is 18.7. The molecule has 7 nitrogen and oxygen atoms in total. The van der Waals surface area contributed by atoms with Gasteiger partial charge in [-0.05, 0) is 11.6 Å². The predicted octanol–water partition coefficient (Wildman–Crippen LogP) is 1.95. The van der Waals surface area contributed by atoms with Gasteiger partial charge in [-0.2, -0.15) is 11.8 Å². The molecule has 0 bridgehead atoms. The van der Waals surface area contributed by atoms with Crippen molar-refractivity contribution < 1.29 is 14.1 Å². The molecule has 0 radical (unpaired) electrons. The van der Waals surface area contributed by atoms with Crippen LogP contribution in [-0.2, 0) is 17.1 Å². The summed E-state index contributed by atoms with van der Waals surface area (Å²) in [5, 5.41) is 13.3. The van der Waals surface area contributed by atoms with Crippen molar-refractivity contribution in [1.29, 1.82) is 0 Å². The topological polar surface area (TPSA) is 94.2 Å². The summed E-state index contributed by atoms with van der Waals surface area (Å²) in [5.74, 6) is 0.384. The van der Waals surface area contributed by atoms with Crippen LogP contribution < -0.4 is 10.9 Å². The SMILES string of the molecule is O=C(Cn1cc([N+](=O)[O-])ccc1=O)NCCSCc1ccccc1F. The van der Waals surface area contributed by atoms with Crippen LogP contribution >= 0.6 is 11.8 Å². The first-order valence-corrected chi connectivity index (χ1v) is 8.55. The van der Waals surface area contributed by atoms with Gasteiger partial charge < -0.3 is 5.32 Å². The maximum atomic E-state index is 13.4. The van der Waals surface area contributed by atoms with Gasteiger partial charge in [0.1, 0.15) is 12.4 Å². The zero-order valence-electron chi connectivity index (χ0n) is 13.2. The number of aromatic nitrogens is 1. The Kier molecular flexibility index (Phi) is 6.70. The highest BCUT2D eigenvalue weighted by Crippen LogP contribution is 2.14. The summed E-state index contributed by atoms with van der Waals surface area (Å²) in [5.41, 5.74) is -0.149. The summed E-state index contributed by atoms with van der Waals surface area (Å²) in [7, 11) is 0. The fourth-order valence-corrected chi connectivity index (χ4v) is 2.87. The Morgan fingerprint density at radius 1 is 1.28 bits per heavy atom. The molecular formula is C16H16FN3O4S. The van der Waals surface area contributed by atoms with Crippen LogP contribution in [0.1, 0.15) is 5.56 Å². The van der Waals surface area contributed by atoms with Crippen molar-refractivity contribution in [2.45, 2.75) is 12.3 Å². The second-order valence-corrected chi connectivity index (χ2v) is 6.21. The van der Waals surface area contributed by atoms with Crippen molar-refractivity contribution in [2.75, 3.05) is 12.3 Å². The van der Waals surface area contributed by atoms with E-state index in [2.05, 4.69) is 5.32 Å². The Morgan fingerprint density at radius 3 is 2.76 bits per heavy atom. The molecule has 1 N–H and O–H groups in total. The Balaban J connectivity index is 1.76. The number of amides is 1. The zero-order chi connectivity index (χ0) is 18.2. The molecule has 132 valence electrons. The maximum Gasteiger partial charge on any atom is 0.285 e. The van der Waals surface area contributed by atoms with Gasteiger partial charge in [0, 0.05) is 30.2 Å². The lowest BCUT2D eigenvalue weighted by Crippen LogP contribution is -2.33. The van der Waals surface area contributed by atoms with Crippen LogP contribution in [0.4, 0.5) is 10.1 Å². The van der Waals surface area contributed by atoms with Crippen LogP contribution in [0.25, 0.3) is 0 Å². The van der Waals surface area contributed by atoms with Gasteiger partial charge in [0.2, 0.25) is 5.91 Å². The minimum atomic E-state index is -0.632. The first-order chi connectivity index (χ1) is 12.0. The molecule has 1 aromatic heterocycles. The predicted molar refractivity (Wildman–Crippen MR) is 92.9 cm³/mol. The zero-order valence-corrected chi connectivity index (χ0v) is 14.0. The average molecular weight is 365 g/mol. The van der Waals surface area contributed by atoms with E-state index in [-0.39, 0.29) is 18.0 Å². The number of halogens is 1. The summed E-state index contributed by atoms with van der Waals surface area (Å²) in [6.07, 6.45) is 1.04. The number of benzene rings is 1. The molecule has 9 heteroatoms. The van der Waals surface area contributed by atoms with E-state index >= 15 is 0 Å². The van der Waals surface area contributed by atoms with Gasteiger partial charge in [-0.25, -0.2) is 4.39 Å². The quantitative estimate of drug-likeness (QED) is 0.438. The van der Waals surface area contributed by atoms with E-state index in [1.165, 1.54) is 17.8 Å². The van der Waals surface area contributed by atoms with E-state index < -0.39 is 16.4 Å². The molecule has 0 atom stereocenters. The van der Waals surface area contributed by atoms with E-state index in [4.69, 9.17) is 0 Å². The number of nitrogens with zero attached hydrogens (tertiary/aromatic N) is 2. The molecule has 0 saturated carbocycles. The molecule has 0 aliphatic heterocycles. The molecule has 0 aliphatic carbocycles. The van der Waals surface area contributed by atoms with Crippen molar-refractivity contribution in [3.05, 3.63) is 74.4 Å². The van der Waals surface area contributed by atoms with E-state index in [9.17, 15) is 24.1 Å². The summed E-state index contributed by atoms with van der Waals surface area (Å²) < 4.78 is 14.4. The van der Waals surface area contributed by atoms with Crippen LogP contribution in [0.3, 0.4) is 0 Å². The molecule has 0 saturated heterocycles. The van der Waals surface area contributed by atoms with Gasteiger partial charge in [0.25, 0.3) is 11.2 Å². The molecular weight excluding hydrogens is 349 g/mol. The highest BCUT2D eigenvalue weighted by molar-refractivity contribution is 7.98. The second kappa shape index (κ2) is 8.97. The lowest BCUT2D eigenvalue weighted by molar-refractivity contribution is -0.385. The Hall–Kier alpha value is -2.68. The largest absolute Gasteiger partial charge is 0.354 e. The smallest absolute Gasteiger partial charge is 0.285 e. The fraction of sp³-hybridized carbons (Fsp3) is 0.250. The van der Waals surface area contributed by atoms with Crippen molar-refractivity contribution in [3.63, 3.8) is 0 Å². The molecule has 25 heavy (non-hydrogen) atoms. The van der Waals surface area contributed by atoms with Gasteiger partial charge >= 0.3 is 0 Å². The number of hydrogen-bond acceptors (Lipinski definition) is 5. The van der Waals surface area contributed by atoms with Crippen molar-refractivity contribution in [1.82, 2.24) is 9.88 Å². The minimum absolute atomic E-state index is 0.257. The standard InChI is InChI=1S/C16H16FN3O4S/c17-14-4-2-1-3-12(14)11-25-8-7-18-15(21)10-19-9-13(20(23)24)5-6-16(19)22/h1-6,9H,7-8,10-11H2,(H,18,21). The van der Waals surface area contributed by atoms with E-state index in [1.807, 2.05) is 0 Å². The fourth-order valence-electron chi connectivity index (χ4n) is 2.02. The number of pyridine rings is 1. The van der Waals surface area contributed by atoms with Crippen molar-refractivity contribution >= 4 is 23.4 Å². The molecule has 0 fully saturated rings. The number of nitrogens with one attached hydrogen (secondary N) is 1. The summed E-state index contributed by atoms with van der Waals surface area (Å²) in [6, 6.07) is 8.63. The van der Waals surface area contributed by atoms with Crippen LogP contribution in [0.5, 0.6) is 0 Å². The highest BCUT2D eigenvalue weighted by atomic mass is 32.2. The summed E-state index contributed by atoms with van der Waals surface area (Å²) >= 11 is 1.47. The van der Waals surface area contributed by atoms with Gasteiger partial charge in [-0.3, -0.25) is 24.3 Å². The van der Waals surface area contributed by atoms with Gasteiger partial charge in [0.15, 0.2) is 0 Å². The summed E-state index contributed by atoms with van der Waals surface area (Å²) in [6.45, 7) is 0.0557. The number of thioether (sulfide) groups is 1. The van der Waals surface area contributed by atoms with Crippen molar-refractivity contribution in [2.24, 2.45) is 0 Å². The minimum Gasteiger partial charge on any atom is -0.354 e. The van der Waals surface area contributed by atoms with Gasteiger partial charge in [-0.1, -0.05) is 18.2 Å². The molecule has 0 spiro atoms. The Bertz CT molecular complexity index is 825. The molecule has 0 unspecified atom stereocenters. The number of carbonyl (C=O) groups excluding carboxylic acids is 1. The normalized spacial score (nSPS) is 10.4. The molecule has 1 amide bonds. The number of nitro groups is 1. The monoisotopic (exact) mass is 365 g/mol. The van der Waals surface area contributed by atoms with Crippen LogP contribution in [0.15, 0.2) is 47.4 Å². The summed E-state index contributed by atoms with van der Waals surface area (Å²) in [4.78, 5) is 33.5. The maximum absolute atomic E-state index is 13.4. The Labute approximate surface area is 147 Å². The number of hydrogen-bond donors (Lipinski definition) is 1. The first-order valence-electron chi connectivity index (χ1n) is 7.40. The van der Waals surface area contributed by atoms with Gasteiger partial charge in [-0.15, -0.1) is 0 Å². The van der Waals surface area contributed by atoms with E-state index in [0.717, 1.165) is 22.9 Å². The van der Waals surface area contributed by atoms with Gasteiger partial charge in [0.05, 0.1) is 11.1 Å². The molecule has 2 aromatic rings. The number of rotatable bonds is 8. The third-order valence-corrected chi connectivity index (χ3v) is 4.28. The van der Waals surface area contributed by atoms with Crippen molar-refractivity contribution in [3.8, 4) is 0 Å². The Morgan fingerprint density at radius 2 is 2.04 bits per heavy atom. The lowest BCUT2D eigenvalue weighted by Gasteiger charge is -2.07. The van der Waals surface area contributed by atoms with Crippen LogP contribution in [0, 0.1) is 15.9 Å².